The highest BCUT2D eigenvalue weighted by Gasteiger charge is 2.39. The number of alkyl carbamates (subject to hydrolysis) is 1. The van der Waals surface area contributed by atoms with E-state index in [0.717, 1.165) is 5.56 Å². The van der Waals surface area contributed by atoms with Crippen molar-refractivity contribution in [1.82, 2.24) is 16.0 Å². The van der Waals surface area contributed by atoms with E-state index in [-0.39, 0.29) is 31.4 Å². The van der Waals surface area contributed by atoms with Crippen molar-refractivity contribution in [3.8, 4) is 0 Å². The van der Waals surface area contributed by atoms with E-state index in [1.165, 1.54) is 13.1 Å². The molecule has 0 saturated carbocycles. The Morgan fingerprint density at radius 2 is 1.89 bits per heavy atom. The Balaban J connectivity index is 2.81. The van der Waals surface area contributed by atoms with Crippen molar-refractivity contribution in [2.75, 3.05) is 13.2 Å². The molecule has 0 radical (unpaired) electrons. The summed E-state index contributed by atoms with van der Waals surface area (Å²) < 4.78 is 5.18. The van der Waals surface area contributed by atoms with Crippen molar-refractivity contribution in [3.63, 3.8) is 0 Å². The number of aliphatic hydroxyl groups is 1. The minimum atomic E-state index is -1.36. The van der Waals surface area contributed by atoms with Gasteiger partial charge in [-0.3, -0.25) is 9.59 Å². The van der Waals surface area contributed by atoms with Crippen molar-refractivity contribution < 1.29 is 24.2 Å². The van der Waals surface area contributed by atoms with Gasteiger partial charge in [-0.2, -0.15) is 0 Å². The summed E-state index contributed by atoms with van der Waals surface area (Å²) in [5.41, 5.74) is 4.52. The third kappa shape index (κ3) is 6.92. The highest BCUT2D eigenvalue weighted by molar-refractivity contribution is 5.99. The number of nitrogens with two attached hydrogens (primary N) is 1. The Morgan fingerprint density at radius 1 is 1.25 bits per heavy atom. The van der Waals surface area contributed by atoms with Gasteiger partial charge in [0, 0.05) is 12.7 Å². The maximum Gasteiger partial charge on any atom is 0.408 e. The molecule has 0 heterocycles. The monoisotopic (exact) mass is 392 g/mol. The van der Waals surface area contributed by atoms with E-state index < -0.39 is 23.4 Å². The summed E-state index contributed by atoms with van der Waals surface area (Å²) in [7, 11) is 0. The molecule has 0 saturated heterocycles. The molecule has 28 heavy (non-hydrogen) atoms. The lowest BCUT2D eigenvalue weighted by Crippen LogP contribution is -2.60. The first-order valence-corrected chi connectivity index (χ1v) is 8.85. The number of rotatable bonds is 10. The Kier molecular flexibility index (Phi) is 8.97. The average Bonchev–Trinajstić information content (AvgIpc) is 2.66. The highest BCUT2D eigenvalue weighted by Crippen LogP contribution is 2.18. The smallest absolute Gasteiger partial charge is 0.408 e. The van der Waals surface area contributed by atoms with Crippen LogP contribution < -0.4 is 21.7 Å². The summed E-state index contributed by atoms with van der Waals surface area (Å²) in [6, 6.07) is 9.12. The van der Waals surface area contributed by atoms with Gasteiger partial charge in [0.05, 0.1) is 6.61 Å². The first-order valence-electron chi connectivity index (χ1n) is 8.85. The Morgan fingerprint density at radius 3 is 2.43 bits per heavy atom. The lowest BCUT2D eigenvalue weighted by atomic mass is 9.87. The van der Waals surface area contributed by atoms with Crippen LogP contribution in [0.1, 0.15) is 26.3 Å². The van der Waals surface area contributed by atoms with Gasteiger partial charge < -0.3 is 31.5 Å². The standard InChI is InChI=1S/C19H28N4O5/c1-13(2)19(3,17(26)22-15(16(20)25)11-21-9-10-24)23-18(27)28-12-14-7-5-4-6-8-14/h4-8,11,13,21,24H,9-10,12H2,1-3H3,(H2,20,25)(H,22,26)(H,23,27)/t19-/m0/s1. The van der Waals surface area contributed by atoms with E-state index in [0.29, 0.717) is 0 Å². The van der Waals surface area contributed by atoms with Gasteiger partial charge in [-0.15, -0.1) is 0 Å². The highest BCUT2D eigenvalue weighted by atomic mass is 16.5. The number of primary amides is 1. The molecule has 0 aliphatic heterocycles. The largest absolute Gasteiger partial charge is 0.445 e. The zero-order valence-electron chi connectivity index (χ0n) is 16.3. The fourth-order valence-corrected chi connectivity index (χ4v) is 2.09. The molecule has 0 aromatic heterocycles. The second-order valence-electron chi connectivity index (χ2n) is 6.60. The van der Waals surface area contributed by atoms with E-state index >= 15 is 0 Å². The van der Waals surface area contributed by atoms with Crippen molar-refractivity contribution in [2.45, 2.75) is 32.9 Å². The topological polar surface area (TPSA) is 143 Å². The predicted molar refractivity (Wildman–Crippen MR) is 104 cm³/mol. The lowest BCUT2D eigenvalue weighted by Gasteiger charge is -2.33. The van der Waals surface area contributed by atoms with Crippen LogP contribution in [0.2, 0.25) is 0 Å². The molecule has 0 spiro atoms. The van der Waals surface area contributed by atoms with Crippen LogP contribution in [0.4, 0.5) is 4.79 Å². The molecule has 0 fully saturated rings. The van der Waals surface area contributed by atoms with Crippen LogP contribution in [-0.4, -0.2) is 41.7 Å². The molecule has 0 unspecified atom stereocenters. The Hall–Kier alpha value is -3.07. The zero-order chi connectivity index (χ0) is 21.2. The molecule has 9 nitrogen and oxygen atoms in total. The van der Waals surface area contributed by atoms with Crippen molar-refractivity contribution in [3.05, 3.63) is 47.8 Å². The first kappa shape index (κ1) is 23.0. The van der Waals surface area contributed by atoms with Crippen LogP contribution in [0.5, 0.6) is 0 Å². The number of carbonyl (C=O) groups excluding carboxylic acids is 3. The molecule has 1 atom stereocenters. The fraction of sp³-hybridized carbons (Fsp3) is 0.421. The molecule has 0 aliphatic rings. The average molecular weight is 392 g/mol. The van der Waals surface area contributed by atoms with Crippen LogP contribution in [0, 0.1) is 5.92 Å². The van der Waals surface area contributed by atoms with Crippen molar-refractivity contribution >= 4 is 17.9 Å². The molecule has 1 rings (SSSR count). The summed E-state index contributed by atoms with van der Waals surface area (Å²) >= 11 is 0. The summed E-state index contributed by atoms with van der Waals surface area (Å²) in [6.07, 6.45) is 0.434. The number of hydrogen-bond donors (Lipinski definition) is 5. The minimum absolute atomic E-state index is 0.0555. The number of hydrogen-bond acceptors (Lipinski definition) is 6. The summed E-state index contributed by atoms with van der Waals surface area (Å²) in [5.74, 6) is -1.82. The maximum atomic E-state index is 12.8. The second-order valence-corrected chi connectivity index (χ2v) is 6.60. The van der Waals surface area contributed by atoms with E-state index in [1.807, 2.05) is 30.3 Å². The normalized spacial score (nSPS) is 13.4. The van der Waals surface area contributed by atoms with Gasteiger partial charge in [-0.25, -0.2) is 4.79 Å². The molecule has 1 aromatic carbocycles. The first-order chi connectivity index (χ1) is 13.2. The van der Waals surface area contributed by atoms with Crippen LogP contribution >= 0.6 is 0 Å². The number of amides is 3. The SMILES string of the molecule is CC(C)[C@](C)(NC(=O)OCc1ccccc1)C(=O)NC(=CNCCO)C(N)=O. The molecule has 1 aromatic rings. The minimum Gasteiger partial charge on any atom is -0.445 e. The molecular formula is C19H28N4O5. The number of carbonyl (C=O) groups is 3. The molecule has 0 aliphatic carbocycles. The third-order valence-corrected chi connectivity index (χ3v) is 4.22. The summed E-state index contributed by atoms with van der Waals surface area (Å²) in [6.45, 7) is 5.09. The van der Waals surface area contributed by atoms with E-state index in [9.17, 15) is 14.4 Å². The molecule has 154 valence electrons. The van der Waals surface area contributed by atoms with Gasteiger partial charge in [-0.1, -0.05) is 44.2 Å². The van der Waals surface area contributed by atoms with Crippen molar-refractivity contribution in [1.29, 1.82) is 0 Å². The quantitative estimate of drug-likeness (QED) is 0.287. The van der Waals surface area contributed by atoms with Gasteiger partial charge in [0.1, 0.15) is 17.8 Å². The Bertz CT molecular complexity index is 706. The van der Waals surface area contributed by atoms with Gasteiger partial charge in [-0.05, 0) is 18.4 Å². The summed E-state index contributed by atoms with van der Waals surface area (Å²) in [5, 5.41) is 16.4. The predicted octanol–water partition coefficient (Wildman–Crippen LogP) is 0.352. The van der Waals surface area contributed by atoms with E-state index in [2.05, 4.69) is 16.0 Å². The lowest BCUT2D eigenvalue weighted by molar-refractivity contribution is -0.129. The second kappa shape index (κ2) is 10.9. The van der Waals surface area contributed by atoms with Crippen LogP contribution in [0.3, 0.4) is 0 Å². The number of benzene rings is 1. The number of aliphatic hydroxyl groups excluding tert-OH is 1. The van der Waals surface area contributed by atoms with E-state index in [4.69, 9.17) is 15.6 Å². The van der Waals surface area contributed by atoms with Gasteiger partial charge in [0.2, 0.25) is 5.91 Å². The molecule has 3 amide bonds. The number of ether oxygens (including phenoxy) is 1. The van der Waals surface area contributed by atoms with Crippen LogP contribution in [0.25, 0.3) is 0 Å². The van der Waals surface area contributed by atoms with Gasteiger partial charge >= 0.3 is 6.09 Å². The Labute approximate surface area is 164 Å². The molecular weight excluding hydrogens is 364 g/mol. The maximum absolute atomic E-state index is 12.8. The van der Waals surface area contributed by atoms with Crippen LogP contribution in [-0.2, 0) is 20.9 Å². The summed E-state index contributed by atoms with van der Waals surface area (Å²) in [4.78, 5) is 36.5. The zero-order valence-corrected chi connectivity index (χ0v) is 16.3. The van der Waals surface area contributed by atoms with E-state index in [1.54, 1.807) is 13.8 Å². The fourth-order valence-electron chi connectivity index (χ4n) is 2.09. The van der Waals surface area contributed by atoms with Gasteiger partial charge in [0.25, 0.3) is 5.91 Å². The molecule has 0 bridgehead atoms. The van der Waals surface area contributed by atoms with Gasteiger partial charge in [0.15, 0.2) is 0 Å². The van der Waals surface area contributed by atoms with Crippen molar-refractivity contribution in [2.24, 2.45) is 11.7 Å². The molecule has 6 N–H and O–H groups in total. The van der Waals surface area contributed by atoms with Crippen LogP contribution in [0.15, 0.2) is 42.2 Å². The third-order valence-electron chi connectivity index (χ3n) is 4.22. The molecule has 9 heteroatoms. The number of nitrogens with one attached hydrogen (secondary N) is 3.